The highest BCUT2D eigenvalue weighted by molar-refractivity contribution is 6.02. The number of benzene rings is 2. The molecule has 0 unspecified atom stereocenters. The summed E-state index contributed by atoms with van der Waals surface area (Å²) < 4.78 is 15.1. The Morgan fingerprint density at radius 3 is 2.67 bits per heavy atom. The number of nitro benzene ring substituents is 1. The number of carbonyl (C=O) groups is 1. The van der Waals surface area contributed by atoms with Crippen LogP contribution in [0, 0.1) is 15.9 Å². The molecule has 0 bridgehead atoms. The fraction of sp³-hybridized carbons (Fsp3) is 0. The van der Waals surface area contributed by atoms with Gasteiger partial charge in [-0.2, -0.15) is 0 Å². The average Bonchev–Trinajstić information content (AvgIpc) is 3.07. The number of aromatic nitrogens is 3. The molecule has 3 aromatic rings. The van der Waals surface area contributed by atoms with Gasteiger partial charge in [0.2, 0.25) is 0 Å². The van der Waals surface area contributed by atoms with E-state index >= 15 is 0 Å². The fourth-order valence-corrected chi connectivity index (χ4v) is 1.98. The Morgan fingerprint density at radius 2 is 1.96 bits per heavy atom. The van der Waals surface area contributed by atoms with Crippen LogP contribution in [0.2, 0.25) is 0 Å². The third-order valence-electron chi connectivity index (χ3n) is 3.16. The van der Waals surface area contributed by atoms with E-state index in [0.717, 1.165) is 18.2 Å². The fourth-order valence-electron chi connectivity index (χ4n) is 1.98. The number of nitrogens with zero attached hydrogens (tertiary/aromatic N) is 4. The van der Waals surface area contributed by atoms with Gasteiger partial charge in [0.25, 0.3) is 11.6 Å². The maximum Gasteiger partial charge on any atom is 0.277 e. The van der Waals surface area contributed by atoms with Gasteiger partial charge in [-0.15, -0.1) is 5.10 Å². The number of hydrogen-bond donors (Lipinski definition) is 1. The second kappa shape index (κ2) is 6.24. The second-order valence-electron chi connectivity index (χ2n) is 4.76. The van der Waals surface area contributed by atoms with Gasteiger partial charge in [-0.3, -0.25) is 14.9 Å². The molecule has 1 aromatic heterocycles. The van der Waals surface area contributed by atoms with Crippen molar-refractivity contribution in [1.29, 1.82) is 0 Å². The quantitative estimate of drug-likeness (QED) is 0.586. The minimum absolute atomic E-state index is 0.0511. The number of amides is 1. The number of para-hydroxylation sites is 1. The average molecular weight is 327 g/mol. The molecule has 2 aromatic carbocycles. The number of non-ortho nitro benzene ring substituents is 1. The molecule has 0 spiro atoms. The first kappa shape index (κ1) is 15.3. The minimum Gasteiger partial charge on any atom is -0.318 e. The highest BCUT2D eigenvalue weighted by atomic mass is 19.1. The van der Waals surface area contributed by atoms with Crippen LogP contribution in [0.15, 0.2) is 54.7 Å². The predicted octanol–water partition coefficient (Wildman–Crippen LogP) is 2.57. The van der Waals surface area contributed by atoms with Gasteiger partial charge in [-0.1, -0.05) is 23.4 Å². The van der Waals surface area contributed by atoms with E-state index in [1.165, 1.54) is 10.9 Å². The van der Waals surface area contributed by atoms with Crippen LogP contribution in [0.3, 0.4) is 0 Å². The summed E-state index contributed by atoms with van der Waals surface area (Å²) in [7, 11) is 0. The van der Waals surface area contributed by atoms with Crippen molar-refractivity contribution in [2.75, 3.05) is 5.32 Å². The number of carbonyl (C=O) groups excluding carboxylic acids is 1. The maximum atomic E-state index is 13.7. The molecule has 0 atom stereocenters. The molecule has 0 aliphatic rings. The van der Waals surface area contributed by atoms with Crippen molar-refractivity contribution < 1.29 is 14.1 Å². The van der Waals surface area contributed by atoms with Gasteiger partial charge in [0.1, 0.15) is 5.82 Å². The predicted molar refractivity (Wildman–Crippen MR) is 82.4 cm³/mol. The highest BCUT2D eigenvalue weighted by Gasteiger charge is 2.16. The monoisotopic (exact) mass is 327 g/mol. The lowest BCUT2D eigenvalue weighted by Gasteiger charge is -2.04. The van der Waals surface area contributed by atoms with E-state index in [9.17, 15) is 19.3 Å². The molecule has 120 valence electrons. The molecule has 0 radical (unpaired) electrons. The molecule has 9 heteroatoms. The summed E-state index contributed by atoms with van der Waals surface area (Å²) in [6.07, 6.45) is 1.37. The molecule has 1 heterocycles. The molecule has 1 amide bonds. The zero-order chi connectivity index (χ0) is 17.1. The van der Waals surface area contributed by atoms with Crippen LogP contribution < -0.4 is 5.32 Å². The Morgan fingerprint density at radius 1 is 1.21 bits per heavy atom. The maximum absolute atomic E-state index is 13.7. The Bertz CT molecular complexity index is 910. The third kappa shape index (κ3) is 3.09. The standard InChI is InChI=1S/C15H10FN5O3/c16-12-7-6-11(21(23)24)8-13(12)17-15(22)14-9-20(19-18-14)10-4-2-1-3-5-10/h1-9H,(H,17,22). The van der Waals surface area contributed by atoms with Gasteiger partial charge in [0.15, 0.2) is 5.69 Å². The Labute approximate surface area is 134 Å². The van der Waals surface area contributed by atoms with Gasteiger partial charge >= 0.3 is 0 Å². The lowest BCUT2D eigenvalue weighted by molar-refractivity contribution is -0.384. The number of nitrogens with one attached hydrogen (secondary N) is 1. The number of nitro groups is 1. The van der Waals surface area contributed by atoms with E-state index in [1.54, 1.807) is 24.3 Å². The van der Waals surface area contributed by atoms with Crippen LogP contribution in [-0.2, 0) is 0 Å². The molecule has 0 fully saturated rings. The summed E-state index contributed by atoms with van der Waals surface area (Å²) in [5, 5.41) is 20.5. The van der Waals surface area contributed by atoms with Crippen molar-refractivity contribution in [3.63, 3.8) is 0 Å². The first-order valence-electron chi connectivity index (χ1n) is 6.77. The lowest BCUT2D eigenvalue weighted by Crippen LogP contribution is -2.13. The van der Waals surface area contributed by atoms with Crippen LogP contribution in [0.1, 0.15) is 10.5 Å². The summed E-state index contributed by atoms with van der Waals surface area (Å²) in [6, 6.07) is 11.8. The molecular formula is C15H10FN5O3. The molecule has 8 nitrogen and oxygen atoms in total. The summed E-state index contributed by atoms with van der Waals surface area (Å²) in [5.41, 5.74) is 0.0124. The Kier molecular flexibility index (Phi) is 3.98. The molecule has 0 aliphatic carbocycles. The Balaban J connectivity index is 1.82. The van der Waals surface area contributed by atoms with E-state index in [0.29, 0.717) is 5.69 Å². The van der Waals surface area contributed by atoms with E-state index in [4.69, 9.17) is 0 Å². The SMILES string of the molecule is O=C(Nc1cc([N+](=O)[O-])ccc1F)c1cn(-c2ccccc2)nn1. The summed E-state index contributed by atoms with van der Waals surface area (Å²) in [5.74, 6) is -1.51. The van der Waals surface area contributed by atoms with Crippen molar-refractivity contribution in [3.8, 4) is 5.69 Å². The zero-order valence-corrected chi connectivity index (χ0v) is 12.1. The first-order valence-corrected chi connectivity index (χ1v) is 6.77. The second-order valence-corrected chi connectivity index (χ2v) is 4.76. The summed E-state index contributed by atoms with van der Waals surface area (Å²) >= 11 is 0. The van der Waals surface area contributed by atoms with Crippen LogP contribution in [-0.4, -0.2) is 25.8 Å². The zero-order valence-electron chi connectivity index (χ0n) is 12.1. The van der Waals surface area contributed by atoms with E-state index in [-0.39, 0.29) is 17.1 Å². The topological polar surface area (TPSA) is 103 Å². The number of anilines is 1. The summed E-state index contributed by atoms with van der Waals surface area (Å²) in [4.78, 5) is 22.2. The number of rotatable bonds is 4. The van der Waals surface area contributed by atoms with Crippen molar-refractivity contribution in [3.05, 3.63) is 76.4 Å². The summed E-state index contributed by atoms with van der Waals surface area (Å²) in [6.45, 7) is 0. The van der Waals surface area contributed by atoms with Crippen molar-refractivity contribution in [1.82, 2.24) is 15.0 Å². The van der Waals surface area contributed by atoms with E-state index in [1.807, 2.05) is 6.07 Å². The molecule has 1 N–H and O–H groups in total. The van der Waals surface area contributed by atoms with Gasteiger partial charge in [0, 0.05) is 12.1 Å². The minimum atomic E-state index is -0.788. The third-order valence-corrected chi connectivity index (χ3v) is 3.16. The van der Waals surface area contributed by atoms with Gasteiger partial charge in [0.05, 0.1) is 22.5 Å². The van der Waals surface area contributed by atoms with E-state index in [2.05, 4.69) is 15.6 Å². The molecular weight excluding hydrogens is 317 g/mol. The molecule has 24 heavy (non-hydrogen) atoms. The first-order chi connectivity index (χ1) is 11.5. The van der Waals surface area contributed by atoms with Gasteiger partial charge < -0.3 is 5.32 Å². The normalized spacial score (nSPS) is 10.4. The lowest BCUT2D eigenvalue weighted by atomic mass is 10.2. The van der Waals surface area contributed by atoms with Gasteiger partial charge in [-0.05, 0) is 18.2 Å². The van der Waals surface area contributed by atoms with Crippen LogP contribution in [0.25, 0.3) is 5.69 Å². The van der Waals surface area contributed by atoms with Gasteiger partial charge in [-0.25, -0.2) is 9.07 Å². The Hall–Kier alpha value is -3.62. The number of halogens is 1. The number of hydrogen-bond acceptors (Lipinski definition) is 5. The molecule has 3 rings (SSSR count). The van der Waals surface area contributed by atoms with Crippen LogP contribution in [0.4, 0.5) is 15.8 Å². The molecule has 0 saturated heterocycles. The van der Waals surface area contributed by atoms with Crippen molar-refractivity contribution in [2.45, 2.75) is 0 Å². The molecule has 0 aliphatic heterocycles. The van der Waals surface area contributed by atoms with Crippen LogP contribution >= 0.6 is 0 Å². The van der Waals surface area contributed by atoms with E-state index < -0.39 is 16.6 Å². The molecule has 0 saturated carbocycles. The van der Waals surface area contributed by atoms with Crippen molar-refractivity contribution in [2.24, 2.45) is 0 Å². The van der Waals surface area contributed by atoms with Crippen molar-refractivity contribution >= 4 is 17.3 Å². The van der Waals surface area contributed by atoms with Crippen LogP contribution in [0.5, 0.6) is 0 Å². The largest absolute Gasteiger partial charge is 0.318 e. The highest BCUT2D eigenvalue weighted by Crippen LogP contribution is 2.21. The smallest absolute Gasteiger partial charge is 0.277 e.